The predicted octanol–water partition coefficient (Wildman–Crippen LogP) is 4.28. The summed E-state index contributed by atoms with van der Waals surface area (Å²) < 4.78 is 2.24. The summed E-state index contributed by atoms with van der Waals surface area (Å²) in [7, 11) is 0. The highest BCUT2D eigenvalue weighted by atomic mass is 16.3. The molecule has 0 radical (unpaired) electrons. The van der Waals surface area contributed by atoms with E-state index in [9.17, 15) is 5.11 Å². The van der Waals surface area contributed by atoms with Crippen molar-refractivity contribution in [2.45, 2.75) is 46.4 Å². The molecule has 0 saturated carbocycles. The Morgan fingerprint density at radius 3 is 2.48 bits per heavy atom. The number of benzene rings is 2. The first-order valence-corrected chi connectivity index (χ1v) is 9.00. The van der Waals surface area contributed by atoms with Crippen molar-refractivity contribution in [1.29, 1.82) is 0 Å². The number of fused-ring (bicyclic) bond motifs is 1. The highest BCUT2D eigenvalue weighted by Crippen LogP contribution is 2.26. The Morgan fingerprint density at radius 2 is 1.76 bits per heavy atom. The summed E-state index contributed by atoms with van der Waals surface area (Å²) in [6.45, 7) is 9.72. The number of aliphatic hydroxyl groups is 1. The van der Waals surface area contributed by atoms with Gasteiger partial charge in [-0.15, -0.1) is 0 Å². The van der Waals surface area contributed by atoms with Crippen LogP contribution in [0.25, 0.3) is 10.9 Å². The molecule has 0 spiro atoms. The summed E-state index contributed by atoms with van der Waals surface area (Å²) in [5.41, 5.74) is 6.25. The molecule has 1 aromatic heterocycles. The van der Waals surface area contributed by atoms with Crippen molar-refractivity contribution in [3.05, 3.63) is 70.9 Å². The van der Waals surface area contributed by atoms with E-state index in [0.717, 1.165) is 0 Å². The third-order valence-electron chi connectivity index (χ3n) is 5.15. The largest absolute Gasteiger partial charge is 0.390 e. The van der Waals surface area contributed by atoms with E-state index in [4.69, 9.17) is 0 Å². The lowest BCUT2D eigenvalue weighted by atomic mass is 10.1. The lowest BCUT2D eigenvalue weighted by Gasteiger charge is -2.19. The molecule has 132 valence electrons. The Balaban J connectivity index is 1.70. The Labute approximate surface area is 150 Å². The maximum Gasteiger partial charge on any atom is 0.0843 e. The molecule has 25 heavy (non-hydrogen) atoms. The average Bonchev–Trinajstić information content (AvgIpc) is 2.85. The van der Waals surface area contributed by atoms with Gasteiger partial charge >= 0.3 is 0 Å². The van der Waals surface area contributed by atoms with Gasteiger partial charge in [-0.3, -0.25) is 0 Å². The van der Waals surface area contributed by atoms with E-state index >= 15 is 0 Å². The highest BCUT2D eigenvalue weighted by Gasteiger charge is 2.15. The number of nitrogens with one attached hydrogen (secondary N) is 1. The lowest BCUT2D eigenvalue weighted by molar-refractivity contribution is 0.149. The van der Waals surface area contributed by atoms with E-state index in [1.54, 1.807) is 0 Å². The molecule has 0 amide bonds. The fourth-order valence-corrected chi connectivity index (χ4v) is 3.45. The number of rotatable bonds is 6. The van der Waals surface area contributed by atoms with E-state index in [1.807, 2.05) is 18.2 Å². The molecule has 0 aliphatic carbocycles. The van der Waals surface area contributed by atoms with E-state index in [0.29, 0.717) is 13.1 Å². The second-order valence-corrected chi connectivity index (χ2v) is 7.04. The van der Waals surface area contributed by atoms with E-state index in [2.05, 4.69) is 67.9 Å². The van der Waals surface area contributed by atoms with E-state index < -0.39 is 6.10 Å². The van der Waals surface area contributed by atoms with Crippen LogP contribution in [0.4, 0.5) is 0 Å². The molecule has 3 rings (SSSR count). The molecule has 2 N–H and O–H groups in total. The Kier molecular flexibility index (Phi) is 5.26. The van der Waals surface area contributed by atoms with Crippen LogP contribution in [0.2, 0.25) is 0 Å². The first-order chi connectivity index (χ1) is 12.0. The molecule has 2 atom stereocenters. The molecular weight excluding hydrogens is 308 g/mol. The van der Waals surface area contributed by atoms with Gasteiger partial charge in [-0.25, -0.2) is 0 Å². The van der Waals surface area contributed by atoms with Crippen LogP contribution in [0.5, 0.6) is 0 Å². The van der Waals surface area contributed by atoms with Crippen LogP contribution in [0.1, 0.15) is 35.3 Å². The first kappa shape index (κ1) is 17.7. The smallest absolute Gasteiger partial charge is 0.0843 e. The van der Waals surface area contributed by atoms with Gasteiger partial charge in [0.15, 0.2) is 0 Å². The fraction of sp³-hybridized carbons (Fsp3) is 0.364. The van der Waals surface area contributed by atoms with Crippen LogP contribution >= 0.6 is 0 Å². The SMILES string of the molecule is Cc1ccc2c(c1)c(C)c(C)n2C[C@@H](O)CN[C@H](C)c1ccccc1. The number of hydrogen-bond acceptors (Lipinski definition) is 2. The molecule has 0 aliphatic rings. The topological polar surface area (TPSA) is 37.2 Å². The van der Waals surface area contributed by atoms with Gasteiger partial charge in [0.1, 0.15) is 0 Å². The van der Waals surface area contributed by atoms with Gasteiger partial charge < -0.3 is 15.0 Å². The third kappa shape index (κ3) is 3.78. The molecule has 3 heteroatoms. The Hall–Kier alpha value is -2.10. The summed E-state index contributed by atoms with van der Waals surface area (Å²) in [5, 5.41) is 15.3. The molecule has 0 fully saturated rings. The maximum absolute atomic E-state index is 10.6. The van der Waals surface area contributed by atoms with Crippen LogP contribution in [0.3, 0.4) is 0 Å². The van der Waals surface area contributed by atoms with Crippen molar-refractivity contribution in [1.82, 2.24) is 9.88 Å². The van der Waals surface area contributed by atoms with Gasteiger partial charge in [-0.05, 0) is 51.0 Å². The molecule has 3 aromatic rings. The van der Waals surface area contributed by atoms with Gasteiger partial charge in [-0.2, -0.15) is 0 Å². The van der Waals surface area contributed by atoms with Crippen LogP contribution < -0.4 is 5.32 Å². The van der Waals surface area contributed by atoms with E-state index in [-0.39, 0.29) is 6.04 Å². The summed E-state index contributed by atoms with van der Waals surface area (Å²) in [6.07, 6.45) is -0.429. The minimum atomic E-state index is -0.429. The molecule has 0 saturated heterocycles. The second kappa shape index (κ2) is 7.42. The predicted molar refractivity (Wildman–Crippen MR) is 105 cm³/mol. The maximum atomic E-state index is 10.6. The van der Waals surface area contributed by atoms with Crippen LogP contribution in [0.15, 0.2) is 48.5 Å². The van der Waals surface area contributed by atoms with E-state index in [1.165, 1.54) is 33.3 Å². The average molecular weight is 336 g/mol. The summed E-state index contributed by atoms with van der Waals surface area (Å²) in [4.78, 5) is 0. The van der Waals surface area contributed by atoms with Gasteiger partial charge in [-0.1, -0.05) is 42.0 Å². The minimum Gasteiger partial charge on any atom is -0.390 e. The molecule has 0 aliphatic heterocycles. The second-order valence-electron chi connectivity index (χ2n) is 7.04. The Bertz CT molecular complexity index is 851. The number of hydrogen-bond donors (Lipinski definition) is 2. The van der Waals surface area contributed by atoms with Gasteiger partial charge in [0.25, 0.3) is 0 Å². The van der Waals surface area contributed by atoms with Crippen molar-refractivity contribution in [3.63, 3.8) is 0 Å². The quantitative estimate of drug-likeness (QED) is 0.705. The molecule has 1 heterocycles. The molecule has 2 aromatic carbocycles. The lowest BCUT2D eigenvalue weighted by Crippen LogP contribution is -2.32. The monoisotopic (exact) mass is 336 g/mol. The first-order valence-electron chi connectivity index (χ1n) is 9.00. The van der Waals surface area contributed by atoms with Crippen molar-refractivity contribution >= 4 is 10.9 Å². The van der Waals surface area contributed by atoms with Crippen molar-refractivity contribution in [2.24, 2.45) is 0 Å². The van der Waals surface area contributed by atoms with Gasteiger partial charge in [0, 0.05) is 29.2 Å². The minimum absolute atomic E-state index is 0.225. The summed E-state index contributed by atoms with van der Waals surface area (Å²) in [5.74, 6) is 0. The number of aryl methyl sites for hydroxylation is 2. The van der Waals surface area contributed by atoms with Crippen LogP contribution in [0, 0.1) is 20.8 Å². The van der Waals surface area contributed by atoms with Crippen LogP contribution in [-0.2, 0) is 6.54 Å². The zero-order valence-corrected chi connectivity index (χ0v) is 15.6. The normalized spacial score (nSPS) is 14.0. The number of aromatic nitrogens is 1. The molecule has 3 nitrogen and oxygen atoms in total. The number of aliphatic hydroxyl groups excluding tert-OH is 1. The zero-order valence-electron chi connectivity index (χ0n) is 15.6. The highest BCUT2D eigenvalue weighted by molar-refractivity contribution is 5.85. The van der Waals surface area contributed by atoms with Gasteiger partial charge in [0.2, 0.25) is 0 Å². The van der Waals surface area contributed by atoms with Crippen molar-refractivity contribution < 1.29 is 5.11 Å². The summed E-state index contributed by atoms with van der Waals surface area (Å²) >= 11 is 0. The van der Waals surface area contributed by atoms with Crippen LogP contribution in [-0.4, -0.2) is 22.3 Å². The zero-order chi connectivity index (χ0) is 18.0. The summed E-state index contributed by atoms with van der Waals surface area (Å²) in [6, 6.07) is 17.1. The molecule has 0 bridgehead atoms. The van der Waals surface area contributed by atoms with Gasteiger partial charge in [0.05, 0.1) is 12.6 Å². The van der Waals surface area contributed by atoms with Crippen molar-refractivity contribution in [2.75, 3.05) is 6.54 Å². The Morgan fingerprint density at radius 1 is 1.04 bits per heavy atom. The third-order valence-corrected chi connectivity index (χ3v) is 5.15. The fourth-order valence-electron chi connectivity index (χ4n) is 3.45. The molecular formula is C22H28N2O. The standard InChI is InChI=1S/C22H28N2O/c1-15-10-11-22-21(12-15)16(2)18(4)24(22)14-20(25)13-23-17(3)19-8-6-5-7-9-19/h5-12,17,20,23,25H,13-14H2,1-4H3/t17-,20+/m1/s1. The molecule has 0 unspecified atom stereocenters. The number of nitrogens with zero attached hydrogens (tertiary/aromatic N) is 1. The van der Waals surface area contributed by atoms with Crippen molar-refractivity contribution in [3.8, 4) is 0 Å².